The Labute approximate surface area is 110 Å². The average molecular weight is 261 g/mol. The van der Waals surface area contributed by atoms with Crippen molar-refractivity contribution in [1.29, 1.82) is 0 Å². The molecule has 4 heteroatoms. The minimum atomic E-state index is -0.166. The van der Waals surface area contributed by atoms with E-state index in [1.165, 1.54) is 0 Å². The third kappa shape index (κ3) is 2.71. The summed E-state index contributed by atoms with van der Waals surface area (Å²) in [6, 6.07) is 9.04. The van der Waals surface area contributed by atoms with Crippen molar-refractivity contribution in [2.45, 2.75) is 13.5 Å². The van der Waals surface area contributed by atoms with Crippen LogP contribution in [0, 0.1) is 6.92 Å². The number of benzene rings is 1. The van der Waals surface area contributed by atoms with Gasteiger partial charge in [0.1, 0.15) is 5.75 Å². The molecule has 2 aromatic rings. The van der Waals surface area contributed by atoms with E-state index in [1.807, 2.05) is 30.5 Å². The summed E-state index contributed by atoms with van der Waals surface area (Å²) in [6.45, 7) is 2.44. The predicted octanol–water partition coefficient (Wildman–Crippen LogP) is 3.03. The molecule has 0 spiro atoms. The summed E-state index contributed by atoms with van der Waals surface area (Å²) in [5.74, 6) is -0.126. The smallest absolute Gasteiger partial charge is 0.257 e. The molecule has 0 aliphatic heterocycles. The lowest BCUT2D eigenvalue weighted by atomic mass is 10.1. The molecule has 1 aromatic heterocycles. The maximum Gasteiger partial charge on any atom is 0.257 e. The number of phenolic OH excluding ortho intramolecular Hbond substituents is 1. The second-order valence-corrected chi connectivity index (χ2v) is 5.29. The van der Waals surface area contributed by atoms with Crippen molar-refractivity contribution in [3.05, 3.63) is 51.7 Å². The molecule has 0 unspecified atom stereocenters. The van der Waals surface area contributed by atoms with E-state index in [0.717, 1.165) is 10.4 Å². The molecule has 18 heavy (non-hydrogen) atoms. The summed E-state index contributed by atoms with van der Waals surface area (Å²) in [5, 5.41) is 11.8. The zero-order valence-corrected chi connectivity index (χ0v) is 11.2. The Morgan fingerprint density at radius 2 is 2.17 bits per heavy atom. The fourth-order valence-electron chi connectivity index (χ4n) is 1.74. The van der Waals surface area contributed by atoms with Crippen LogP contribution in [0.15, 0.2) is 35.7 Å². The fraction of sp³-hybridized carbons (Fsp3) is 0.214. The van der Waals surface area contributed by atoms with Gasteiger partial charge in [0.05, 0.1) is 12.1 Å². The topological polar surface area (TPSA) is 40.5 Å². The van der Waals surface area contributed by atoms with Crippen LogP contribution >= 0.6 is 11.3 Å². The van der Waals surface area contributed by atoms with Crippen LogP contribution in [-0.4, -0.2) is 23.0 Å². The summed E-state index contributed by atoms with van der Waals surface area (Å²) in [4.78, 5) is 14.9. The van der Waals surface area contributed by atoms with Crippen LogP contribution in [0.5, 0.6) is 5.75 Å². The third-order valence-corrected chi connectivity index (χ3v) is 3.56. The summed E-state index contributed by atoms with van der Waals surface area (Å²) in [7, 11) is 1.74. The lowest BCUT2D eigenvalue weighted by Crippen LogP contribution is -2.25. The molecule has 94 valence electrons. The van der Waals surface area contributed by atoms with Crippen LogP contribution in [0.3, 0.4) is 0 Å². The SMILES string of the molecule is Cc1ccc(C(=O)N(C)Cc2cccs2)c(O)c1. The van der Waals surface area contributed by atoms with Crippen molar-refractivity contribution in [2.24, 2.45) is 0 Å². The highest BCUT2D eigenvalue weighted by atomic mass is 32.1. The summed E-state index contributed by atoms with van der Waals surface area (Å²) < 4.78 is 0. The maximum absolute atomic E-state index is 12.2. The van der Waals surface area contributed by atoms with Gasteiger partial charge >= 0.3 is 0 Å². The van der Waals surface area contributed by atoms with Crippen LogP contribution in [0.2, 0.25) is 0 Å². The van der Waals surface area contributed by atoms with Crippen LogP contribution in [0.1, 0.15) is 20.8 Å². The number of phenols is 1. The van der Waals surface area contributed by atoms with E-state index >= 15 is 0 Å². The third-order valence-electron chi connectivity index (χ3n) is 2.70. The lowest BCUT2D eigenvalue weighted by Gasteiger charge is -2.17. The molecule has 0 radical (unpaired) electrons. The number of carbonyl (C=O) groups excluding carboxylic acids is 1. The first-order valence-electron chi connectivity index (χ1n) is 5.65. The van der Waals surface area contributed by atoms with E-state index in [-0.39, 0.29) is 11.7 Å². The van der Waals surface area contributed by atoms with Crippen molar-refractivity contribution in [2.75, 3.05) is 7.05 Å². The Bertz CT molecular complexity index is 549. The number of amides is 1. The van der Waals surface area contributed by atoms with Gasteiger partial charge < -0.3 is 10.0 Å². The highest BCUT2D eigenvalue weighted by Gasteiger charge is 2.16. The Balaban J connectivity index is 2.15. The van der Waals surface area contributed by atoms with E-state index in [0.29, 0.717) is 12.1 Å². The summed E-state index contributed by atoms with van der Waals surface area (Å²) in [5.41, 5.74) is 1.28. The number of nitrogens with zero attached hydrogens (tertiary/aromatic N) is 1. The van der Waals surface area contributed by atoms with Gasteiger partial charge in [-0.05, 0) is 36.1 Å². The van der Waals surface area contributed by atoms with Crippen LogP contribution in [-0.2, 0) is 6.54 Å². The Morgan fingerprint density at radius 3 is 2.78 bits per heavy atom. The molecule has 0 saturated heterocycles. The Morgan fingerprint density at radius 1 is 1.39 bits per heavy atom. The number of rotatable bonds is 3. The largest absolute Gasteiger partial charge is 0.507 e. The van der Waals surface area contributed by atoms with E-state index in [9.17, 15) is 9.90 Å². The van der Waals surface area contributed by atoms with Gasteiger partial charge in [-0.2, -0.15) is 0 Å². The second-order valence-electron chi connectivity index (χ2n) is 4.26. The second kappa shape index (κ2) is 5.23. The normalized spacial score (nSPS) is 10.3. The first-order chi connectivity index (χ1) is 8.58. The lowest BCUT2D eigenvalue weighted by molar-refractivity contribution is 0.0783. The maximum atomic E-state index is 12.2. The average Bonchev–Trinajstić information content (AvgIpc) is 2.81. The first-order valence-corrected chi connectivity index (χ1v) is 6.53. The molecule has 0 bridgehead atoms. The van der Waals surface area contributed by atoms with Gasteiger partial charge in [-0.25, -0.2) is 0 Å². The number of hydrogen-bond acceptors (Lipinski definition) is 3. The van der Waals surface area contributed by atoms with Gasteiger partial charge in [-0.3, -0.25) is 4.79 Å². The Kier molecular flexibility index (Phi) is 3.67. The molecule has 1 heterocycles. The molecule has 0 fully saturated rings. The minimum absolute atomic E-state index is 0.0398. The molecule has 0 aliphatic rings. The van der Waals surface area contributed by atoms with E-state index in [2.05, 4.69) is 0 Å². The number of aryl methyl sites for hydroxylation is 1. The highest BCUT2D eigenvalue weighted by Crippen LogP contribution is 2.21. The van der Waals surface area contributed by atoms with Crippen LogP contribution in [0.4, 0.5) is 0 Å². The molecule has 3 nitrogen and oxygen atoms in total. The van der Waals surface area contributed by atoms with Crippen molar-refractivity contribution >= 4 is 17.2 Å². The molecule has 1 aromatic carbocycles. The van der Waals surface area contributed by atoms with Gasteiger partial charge in [0, 0.05) is 11.9 Å². The number of carbonyl (C=O) groups is 1. The number of aromatic hydroxyl groups is 1. The predicted molar refractivity (Wildman–Crippen MR) is 73.0 cm³/mol. The van der Waals surface area contributed by atoms with Crippen molar-refractivity contribution in [3.63, 3.8) is 0 Å². The monoisotopic (exact) mass is 261 g/mol. The van der Waals surface area contributed by atoms with Gasteiger partial charge in [-0.1, -0.05) is 12.1 Å². The molecule has 0 aliphatic carbocycles. The summed E-state index contributed by atoms with van der Waals surface area (Å²) >= 11 is 1.61. The van der Waals surface area contributed by atoms with Crippen molar-refractivity contribution in [3.8, 4) is 5.75 Å². The quantitative estimate of drug-likeness (QED) is 0.922. The van der Waals surface area contributed by atoms with E-state index < -0.39 is 0 Å². The fourth-order valence-corrected chi connectivity index (χ4v) is 2.49. The van der Waals surface area contributed by atoms with Gasteiger partial charge in [0.2, 0.25) is 0 Å². The first kappa shape index (κ1) is 12.6. The van der Waals surface area contributed by atoms with Gasteiger partial charge in [-0.15, -0.1) is 11.3 Å². The van der Waals surface area contributed by atoms with Gasteiger partial charge in [0.15, 0.2) is 0 Å². The highest BCUT2D eigenvalue weighted by molar-refractivity contribution is 7.09. The molecule has 0 saturated carbocycles. The standard InChI is InChI=1S/C14H15NO2S/c1-10-5-6-12(13(16)8-10)14(17)15(2)9-11-4-3-7-18-11/h3-8,16H,9H2,1-2H3. The van der Waals surface area contributed by atoms with Crippen LogP contribution in [0.25, 0.3) is 0 Å². The zero-order chi connectivity index (χ0) is 13.1. The molecule has 2 rings (SSSR count). The molecular weight excluding hydrogens is 246 g/mol. The molecule has 0 atom stereocenters. The van der Waals surface area contributed by atoms with Crippen molar-refractivity contribution in [1.82, 2.24) is 4.90 Å². The van der Waals surface area contributed by atoms with Crippen molar-refractivity contribution < 1.29 is 9.90 Å². The number of thiophene rings is 1. The van der Waals surface area contributed by atoms with Gasteiger partial charge in [0.25, 0.3) is 5.91 Å². The molecule has 1 N–H and O–H groups in total. The summed E-state index contributed by atoms with van der Waals surface area (Å²) in [6.07, 6.45) is 0. The van der Waals surface area contributed by atoms with E-state index in [1.54, 1.807) is 35.4 Å². The molecular formula is C14H15NO2S. The molecule has 1 amide bonds. The number of hydrogen-bond donors (Lipinski definition) is 1. The zero-order valence-electron chi connectivity index (χ0n) is 10.4. The van der Waals surface area contributed by atoms with E-state index in [4.69, 9.17) is 0 Å². The minimum Gasteiger partial charge on any atom is -0.507 e. The van der Waals surface area contributed by atoms with Crippen LogP contribution < -0.4 is 0 Å². The Hall–Kier alpha value is -1.81.